The monoisotopic (exact) mass is 318 g/mol. The zero-order valence-electron chi connectivity index (χ0n) is 15.4. The highest BCUT2D eigenvalue weighted by atomic mass is 16.5. The van der Waals surface area contributed by atoms with Crippen LogP contribution in [0.4, 0.5) is 0 Å². The van der Waals surface area contributed by atoms with Gasteiger partial charge in [0.05, 0.1) is 14.2 Å². The molecule has 0 aromatic heterocycles. The zero-order valence-corrected chi connectivity index (χ0v) is 15.4. The van der Waals surface area contributed by atoms with Gasteiger partial charge in [0.2, 0.25) is 0 Å². The maximum atomic E-state index is 12.2. The first-order valence-corrected chi connectivity index (χ1v) is 8.56. The molecule has 0 spiro atoms. The van der Waals surface area contributed by atoms with E-state index in [4.69, 9.17) is 9.47 Å². The van der Waals surface area contributed by atoms with Gasteiger partial charge in [0.25, 0.3) is 0 Å². The van der Waals surface area contributed by atoms with Gasteiger partial charge >= 0.3 is 0 Å². The van der Waals surface area contributed by atoms with Gasteiger partial charge < -0.3 is 9.47 Å². The fourth-order valence-corrected chi connectivity index (χ4v) is 4.82. The van der Waals surface area contributed by atoms with Crippen LogP contribution in [0.15, 0.2) is 18.2 Å². The maximum Gasteiger partial charge on any atom is 0.161 e. The fraction of sp³-hybridized carbons (Fsp3) is 0.650. The van der Waals surface area contributed by atoms with Crippen LogP contribution < -0.4 is 9.47 Å². The third kappa shape index (κ3) is 2.86. The lowest BCUT2D eigenvalue weighted by atomic mass is 9.49. The van der Waals surface area contributed by atoms with Crippen LogP contribution in [0.1, 0.15) is 58.9 Å². The van der Waals surface area contributed by atoms with E-state index in [2.05, 4.69) is 39.8 Å². The normalized spacial score (nSPS) is 26.9. The number of methoxy groups -OCH3 is 2. The Morgan fingerprint density at radius 2 is 1.83 bits per heavy atom. The zero-order chi connectivity index (χ0) is 17.3. The Kier molecular flexibility index (Phi) is 5.07. The van der Waals surface area contributed by atoms with Gasteiger partial charge in [-0.05, 0) is 35.4 Å². The van der Waals surface area contributed by atoms with E-state index in [-0.39, 0.29) is 10.8 Å². The molecular weight excluding hydrogens is 288 g/mol. The number of hydrogen-bond donors (Lipinski definition) is 0. The van der Waals surface area contributed by atoms with Crippen molar-refractivity contribution >= 4 is 5.78 Å². The predicted molar refractivity (Wildman–Crippen MR) is 93.3 cm³/mol. The molecule has 1 aliphatic carbocycles. The summed E-state index contributed by atoms with van der Waals surface area (Å²) in [6.07, 6.45) is 3.48. The number of carbonyl (C=O) groups is 1. The number of rotatable bonds is 5. The molecule has 0 heterocycles. The molecule has 2 rings (SSSR count). The minimum atomic E-state index is -0.0721. The molecule has 1 aliphatic rings. The van der Waals surface area contributed by atoms with Gasteiger partial charge in [-0.3, -0.25) is 4.79 Å². The number of benzene rings is 1. The fourth-order valence-electron chi connectivity index (χ4n) is 4.82. The summed E-state index contributed by atoms with van der Waals surface area (Å²) in [6.45, 7) is 8.94. The Labute approximate surface area is 140 Å². The Bertz CT molecular complexity index is 576. The molecule has 0 amide bonds. The molecule has 3 heteroatoms. The first kappa shape index (κ1) is 17.8. The Morgan fingerprint density at radius 3 is 2.35 bits per heavy atom. The van der Waals surface area contributed by atoms with Crippen molar-refractivity contribution in [3.63, 3.8) is 0 Å². The maximum absolute atomic E-state index is 12.2. The second-order valence-corrected chi connectivity index (χ2v) is 7.50. The van der Waals surface area contributed by atoms with Gasteiger partial charge in [0.15, 0.2) is 11.5 Å². The number of carbonyl (C=O) groups excluding carboxylic acids is 1. The second-order valence-electron chi connectivity index (χ2n) is 7.50. The van der Waals surface area contributed by atoms with E-state index in [1.807, 2.05) is 6.07 Å². The highest BCUT2D eigenvalue weighted by molar-refractivity contribution is 5.81. The standard InChI is InChI=1S/C20H30O3/c1-7-10-20(14(2)11-16(21)13-19(20,3)4)15-8-9-17(22-5)18(12-15)23-6/h8-9,12,14H,7,10-11,13H2,1-6H3. The molecule has 1 fully saturated rings. The molecule has 0 saturated heterocycles. The lowest BCUT2D eigenvalue weighted by molar-refractivity contribution is -0.129. The molecule has 128 valence electrons. The van der Waals surface area contributed by atoms with Crippen molar-refractivity contribution in [2.75, 3.05) is 14.2 Å². The van der Waals surface area contributed by atoms with Gasteiger partial charge in [0, 0.05) is 18.3 Å². The summed E-state index contributed by atoms with van der Waals surface area (Å²) in [5.74, 6) is 2.21. The van der Waals surface area contributed by atoms with Crippen molar-refractivity contribution in [3.05, 3.63) is 23.8 Å². The molecule has 0 aliphatic heterocycles. The van der Waals surface area contributed by atoms with Crippen molar-refractivity contribution in [1.29, 1.82) is 0 Å². The van der Waals surface area contributed by atoms with Crippen LogP contribution in [0.5, 0.6) is 11.5 Å². The minimum Gasteiger partial charge on any atom is -0.493 e. The summed E-state index contributed by atoms with van der Waals surface area (Å²) >= 11 is 0. The van der Waals surface area contributed by atoms with Crippen molar-refractivity contribution in [2.45, 2.75) is 58.8 Å². The van der Waals surface area contributed by atoms with E-state index in [1.54, 1.807) is 14.2 Å². The van der Waals surface area contributed by atoms with Gasteiger partial charge in [-0.2, -0.15) is 0 Å². The van der Waals surface area contributed by atoms with Gasteiger partial charge in [-0.1, -0.05) is 40.2 Å². The van der Waals surface area contributed by atoms with Crippen molar-refractivity contribution in [3.8, 4) is 11.5 Å². The van der Waals surface area contributed by atoms with E-state index in [0.717, 1.165) is 24.3 Å². The van der Waals surface area contributed by atoms with Crippen LogP contribution in [0.3, 0.4) is 0 Å². The van der Waals surface area contributed by atoms with Crippen LogP contribution in [-0.4, -0.2) is 20.0 Å². The minimum absolute atomic E-state index is 0.0186. The average Bonchev–Trinajstić information content (AvgIpc) is 2.49. The topological polar surface area (TPSA) is 35.5 Å². The second kappa shape index (κ2) is 6.54. The average molecular weight is 318 g/mol. The van der Waals surface area contributed by atoms with Gasteiger partial charge in [-0.25, -0.2) is 0 Å². The van der Waals surface area contributed by atoms with Crippen LogP contribution in [0.25, 0.3) is 0 Å². The number of Topliss-reactive ketones (excluding diaryl/α,β-unsaturated/α-hetero) is 1. The molecule has 0 bridgehead atoms. The lowest BCUT2D eigenvalue weighted by Gasteiger charge is -2.54. The van der Waals surface area contributed by atoms with E-state index in [1.165, 1.54) is 5.56 Å². The third-order valence-electron chi connectivity index (χ3n) is 5.76. The van der Waals surface area contributed by atoms with Crippen LogP contribution >= 0.6 is 0 Å². The van der Waals surface area contributed by atoms with E-state index in [9.17, 15) is 4.79 Å². The molecule has 23 heavy (non-hydrogen) atoms. The van der Waals surface area contributed by atoms with Crippen molar-refractivity contribution in [1.82, 2.24) is 0 Å². The first-order valence-electron chi connectivity index (χ1n) is 8.56. The van der Waals surface area contributed by atoms with Crippen LogP contribution in [0, 0.1) is 11.3 Å². The summed E-state index contributed by atoms with van der Waals surface area (Å²) in [7, 11) is 3.33. The van der Waals surface area contributed by atoms with Gasteiger partial charge in [0.1, 0.15) is 5.78 Å². The van der Waals surface area contributed by atoms with E-state index >= 15 is 0 Å². The Morgan fingerprint density at radius 1 is 1.17 bits per heavy atom. The molecule has 3 nitrogen and oxygen atoms in total. The molecule has 2 atom stereocenters. The highest BCUT2D eigenvalue weighted by Gasteiger charge is 2.53. The smallest absolute Gasteiger partial charge is 0.161 e. The third-order valence-corrected chi connectivity index (χ3v) is 5.76. The molecule has 0 radical (unpaired) electrons. The largest absolute Gasteiger partial charge is 0.493 e. The number of ketones is 1. The van der Waals surface area contributed by atoms with Crippen molar-refractivity contribution in [2.24, 2.45) is 11.3 Å². The van der Waals surface area contributed by atoms with Crippen LogP contribution in [-0.2, 0) is 10.2 Å². The summed E-state index contributed by atoms with van der Waals surface area (Å²) in [4.78, 5) is 12.2. The first-order chi connectivity index (χ1) is 10.8. The van der Waals surface area contributed by atoms with E-state index in [0.29, 0.717) is 24.5 Å². The molecule has 2 unspecified atom stereocenters. The summed E-state index contributed by atoms with van der Waals surface area (Å²) < 4.78 is 10.9. The lowest BCUT2D eigenvalue weighted by Crippen LogP contribution is -2.52. The summed E-state index contributed by atoms with van der Waals surface area (Å²) in [5, 5.41) is 0. The SMILES string of the molecule is CCCC1(c2ccc(OC)c(OC)c2)C(C)CC(=O)CC1(C)C. The molecule has 0 N–H and O–H groups in total. The number of hydrogen-bond acceptors (Lipinski definition) is 3. The summed E-state index contributed by atoms with van der Waals surface area (Å²) in [6, 6.07) is 6.26. The Hall–Kier alpha value is -1.51. The van der Waals surface area contributed by atoms with Gasteiger partial charge in [-0.15, -0.1) is 0 Å². The quantitative estimate of drug-likeness (QED) is 0.784. The van der Waals surface area contributed by atoms with Crippen molar-refractivity contribution < 1.29 is 14.3 Å². The molecule has 1 aromatic carbocycles. The molecule has 1 aromatic rings. The predicted octanol–water partition coefficient (Wildman–Crippen LogP) is 4.77. The molecular formula is C20H30O3. The number of ether oxygens (including phenoxy) is 2. The highest BCUT2D eigenvalue weighted by Crippen LogP contribution is 2.57. The summed E-state index contributed by atoms with van der Waals surface area (Å²) in [5.41, 5.74) is 1.18. The van der Waals surface area contributed by atoms with E-state index < -0.39 is 0 Å². The van der Waals surface area contributed by atoms with Crippen LogP contribution in [0.2, 0.25) is 0 Å². The Balaban J connectivity index is 2.63. The molecule has 1 saturated carbocycles.